The van der Waals surface area contributed by atoms with Crippen LogP contribution < -0.4 is 5.32 Å². The van der Waals surface area contributed by atoms with E-state index in [-0.39, 0.29) is 18.4 Å². The van der Waals surface area contributed by atoms with Crippen LogP contribution in [0.5, 0.6) is 0 Å². The third kappa shape index (κ3) is 1.81. The van der Waals surface area contributed by atoms with Crippen molar-refractivity contribution in [3.05, 3.63) is 11.9 Å². The fourth-order valence-corrected chi connectivity index (χ4v) is 2.03. The monoisotopic (exact) mass is 237 g/mol. The van der Waals surface area contributed by atoms with Gasteiger partial charge in [0.25, 0.3) is 5.91 Å². The molecule has 0 unspecified atom stereocenters. The van der Waals surface area contributed by atoms with Crippen LogP contribution in [-0.4, -0.2) is 63.7 Å². The van der Waals surface area contributed by atoms with Gasteiger partial charge in [0.15, 0.2) is 5.69 Å². The molecular weight excluding hydrogens is 222 g/mol. The Morgan fingerprint density at radius 1 is 1.53 bits per heavy atom. The molecule has 1 amide bonds. The highest BCUT2D eigenvalue weighted by Gasteiger charge is 2.32. The topological polar surface area (TPSA) is 83.3 Å². The lowest BCUT2D eigenvalue weighted by Gasteiger charge is -2.37. The third-order valence-corrected chi connectivity index (χ3v) is 3.37. The first kappa shape index (κ1) is 10.7. The maximum absolute atomic E-state index is 11.9. The second-order valence-electron chi connectivity index (χ2n) is 4.65. The molecule has 1 aromatic rings. The fraction of sp³-hybridized carbons (Fsp3) is 0.700. The van der Waals surface area contributed by atoms with E-state index in [2.05, 4.69) is 15.6 Å². The van der Waals surface area contributed by atoms with Crippen molar-refractivity contribution in [2.75, 3.05) is 32.8 Å². The van der Waals surface area contributed by atoms with E-state index in [9.17, 15) is 4.79 Å². The maximum atomic E-state index is 11.9. The van der Waals surface area contributed by atoms with Crippen LogP contribution in [0, 0.1) is 5.92 Å². The molecule has 0 spiro atoms. The number of hydrogen-bond donors (Lipinski definition) is 2. The first-order valence-corrected chi connectivity index (χ1v) is 5.80. The van der Waals surface area contributed by atoms with Gasteiger partial charge in [0.2, 0.25) is 0 Å². The third-order valence-electron chi connectivity index (χ3n) is 3.37. The van der Waals surface area contributed by atoms with Crippen LogP contribution in [0.1, 0.15) is 16.5 Å². The van der Waals surface area contributed by atoms with Crippen LogP contribution in [0.15, 0.2) is 6.20 Å². The van der Waals surface area contributed by atoms with Crippen LogP contribution >= 0.6 is 0 Å². The van der Waals surface area contributed by atoms with Gasteiger partial charge in [-0.05, 0) is 0 Å². The summed E-state index contributed by atoms with van der Waals surface area (Å²) >= 11 is 0. The summed E-state index contributed by atoms with van der Waals surface area (Å²) in [4.78, 5) is 13.6. The normalized spacial score (nSPS) is 21.1. The summed E-state index contributed by atoms with van der Waals surface area (Å²) < 4.78 is 1.74. The number of aliphatic hydroxyl groups is 1. The van der Waals surface area contributed by atoms with Crippen LogP contribution in [0.2, 0.25) is 0 Å². The zero-order valence-corrected chi connectivity index (χ0v) is 9.41. The van der Waals surface area contributed by atoms with Crippen LogP contribution in [-0.2, 0) is 0 Å². The Balaban J connectivity index is 1.63. The molecule has 0 bridgehead atoms. The number of likely N-dealkylation sites (tertiary alicyclic amines) is 1. The zero-order valence-electron chi connectivity index (χ0n) is 9.41. The smallest absolute Gasteiger partial charge is 0.276 e. The van der Waals surface area contributed by atoms with E-state index in [1.807, 2.05) is 0 Å². The summed E-state index contributed by atoms with van der Waals surface area (Å²) in [5.41, 5.74) is 0.397. The van der Waals surface area contributed by atoms with Crippen molar-refractivity contribution >= 4 is 5.91 Å². The average Bonchev–Trinajstić information content (AvgIpc) is 2.62. The van der Waals surface area contributed by atoms with E-state index < -0.39 is 0 Å². The Morgan fingerprint density at radius 2 is 2.29 bits per heavy atom. The molecule has 7 heteroatoms. The standard InChI is InChI=1S/C10H15N5O2/c16-6-7-3-14(4-7)10(17)9-5-15(13-12-9)8-1-11-2-8/h5,7-8,11,16H,1-4,6H2. The molecule has 2 aliphatic heterocycles. The lowest BCUT2D eigenvalue weighted by atomic mass is 10.0. The van der Waals surface area contributed by atoms with Gasteiger partial charge < -0.3 is 15.3 Å². The van der Waals surface area contributed by atoms with Crippen LogP contribution in [0.4, 0.5) is 0 Å². The molecule has 2 saturated heterocycles. The number of rotatable bonds is 3. The minimum Gasteiger partial charge on any atom is -0.396 e. The van der Waals surface area contributed by atoms with E-state index in [1.165, 1.54) is 0 Å². The Kier molecular flexibility index (Phi) is 2.56. The van der Waals surface area contributed by atoms with Crippen molar-refractivity contribution < 1.29 is 9.90 Å². The van der Waals surface area contributed by atoms with Gasteiger partial charge in [-0.25, -0.2) is 4.68 Å². The molecule has 2 fully saturated rings. The minimum absolute atomic E-state index is 0.0896. The lowest BCUT2D eigenvalue weighted by Crippen LogP contribution is -2.51. The zero-order chi connectivity index (χ0) is 11.8. The van der Waals surface area contributed by atoms with Gasteiger partial charge in [-0.1, -0.05) is 5.21 Å². The molecule has 0 aromatic carbocycles. The van der Waals surface area contributed by atoms with Crippen molar-refractivity contribution in [3.8, 4) is 0 Å². The molecule has 0 saturated carbocycles. The van der Waals surface area contributed by atoms with Crippen LogP contribution in [0.3, 0.4) is 0 Å². The Morgan fingerprint density at radius 3 is 2.88 bits per heavy atom. The SMILES string of the molecule is O=C(c1cn(C2CNC2)nn1)N1CC(CO)C1. The molecule has 3 rings (SSSR count). The molecule has 1 aromatic heterocycles. The molecule has 0 atom stereocenters. The lowest BCUT2D eigenvalue weighted by molar-refractivity contribution is 0.0356. The number of aliphatic hydroxyl groups excluding tert-OH is 1. The van der Waals surface area contributed by atoms with Gasteiger partial charge in [0.05, 0.1) is 12.2 Å². The summed E-state index contributed by atoms with van der Waals surface area (Å²) in [5.74, 6) is 0.137. The van der Waals surface area contributed by atoms with Gasteiger partial charge in [0, 0.05) is 38.7 Å². The summed E-state index contributed by atoms with van der Waals surface area (Å²) in [6.45, 7) is 3.14. The van der Waals surface area contributed by atoms with Crippen LogP contribution in [0.25, 0.3) is 0 Å². The van der Waals surface area contributed by atoms with Crippen molar-refractivity contribution in [1.29, 1.82) is 0 Å². The van der Waals surface area contributed by atoms with Crippen molar-refractivity contribution in [3.63, 3.8) is 0 Å². The molecule has 92 valence electrons. The summed E-state index contributed by atoms with van der Waals surface area (Å²) in [6, 6.07) is 0.325. The molecule has 0 radical (unpaired) electrons. The molecule has 2 aliphatic rings. The number of hydrogen-bond acceptors (Lipinski definition) is 5. The number of carbonyl (C=O) groups excluding carboxylic acids is 1. The van der Waals surface area contributed by atoms with Gasteiger partial charge in [-0.3, -0.25) is 4.79 Å². The van der Waals surface area contributed by atoms with E-state index in [0.717, 1.165) is 13.1 Å². The highest BCUT2D eigenvalue weighted by molar-refractivity contribution is 5.92. The van der Waals surface area contributed by atoms with E-state index in [1.54, 1.807) is 15.8 Å². The predicted molar refractivity (Wildman–Crippen MR) is 58.4 cm³/mol. The maximum Gasteiger partial charge on any atom is 0.276 e. The molecule has 17 heavy (non-hydrogen) atoms. The highest BCUT2D eigenvalue weighted by atomic mass is 16.3. The first-order chi connectivity index (χ1) is 8.28. The van der Waals surface area contributed by atoms with Crippen molar-refractivity contribution in [2.24, 2.45) is 5.92 Å². The fourth-order valence-electron chi connectivity index (χ4n) is 2.03. The second-order valence-corrected chi connectivity index (χ2v) is 4.65. The second kappa shape index (κ2) is 4.08. The summed E-state index contributed by atoms with van der Waals surface area (Å²) in [5, 5.41) is 19.9. The van der Waals surface area contributed by atoms with Crippen molar-refractivity contribution in [1.82, 2.24) is 25.2 Å². The van der Waals surface area contributed by atoms with Gasteiger partial charge in [-0.15, -0.1) is 5.10 Å². The summed E-state index contributed by atoms with van der Waals surface area (Å²) in [7, 11) is 0. The van der Waals surface area contributed by atoms with Crippen molar-refractivity contribution in [2.45, 2.75) is 6.04 Å². The van der Waals surface area contributed by atoms with E-state index >= 15 is 0 Å². The quantitative estimate of drug-likeness (QED) is 0.667. The predicted octanol–water partition coefficient (Wildman–Crippen LogP) is -1.51. The Hall–Kier alpha value is -1.47. The first-order valence-electron chi connectivity index (χ1n) is 5.80. The minimum atomic E-state index is -0.0896. The molecule has 0 aliphatic carbocycles. The molecule has 7 nitrogen and oxygen atoms in total. The molecule has 2 N–H and O–H groups in total. The van der Waals surface area contributed by atoms with Gasteiger partial charge in [0.1, 0.15) is 0 Å². The van der Waals surface area contributed by atoms with Gasteiger partial charge >= 0.3 is 0 Å². The number of carbonyl (C=O) groups is 1. The van der Waals surface area contributed by atoms with Gasteiger partial charge in [-0.2, -0.15) is 0 Å². The van der Waals surface area contributed by atoms with E-state index in [0.29, 0.717) is 24.8 Å². The number of aromatic nitrogens is 3. The van der Waals surface area contributed by atoms with E-state index in [4.69, 9.17) is 5.11 Å². The largest absolute Gasteiger partial charge is 0.396 e. The average molecular weight is 237 g/mol. The number of amides is 1. The Bertz CT molecular complexity index is 422. The molecule has 3 heterocycles. The highest BCUT2D eigenvalue weighted by Crippen LogP contribution is 2.18. The Labute approximate surface area is 98.4 Å². The number of nitrogens with one attached hydrogen (secondary N) is 1. The summed E-state index contributed by atoms with van der Waals surface area (Å²) in [6.07, 6.45) is 1.71. The number of nitrogens with zero attached hydrogens (tertiary/aromatic N) is 4. The molecular formula is C10H15N5O2.